The second-order valence-electron chi connectivity index (χ2n) is 7.66. The first-order valence-corrected chi connectivity index (χ1v) is 9.94. The van der Waals surface area contributed by atoms with Crippen LogP contribution >= 0.6 is 0 Å². The predicted octanol–water partition coefficient (Wildman–Crippen LogP) is 4.37. The molecule has 0 saturated heterocycles. The Morgan fingerprint density at radius 3 is 2.32 bits per heavy atom. The molecule has 5 nitrogen and oxygen atoms in total. The molecule has 2 rings (SSSR count). The summed E-state index contributed by atoms with van der Waals surface area (Å²) in [6.07, 6.45) is 1.17. The van der Waals surface area contributed by atoms with Crippen LogP contribution in [0.1, 0.15) is 91.7 Å². The summed E-state index contributed by atoms with van der Waals surface area (Å²) in [5.74, 6) is 0.396. The van der Waals surface area contributed by atoms with Crippen molar-refractivity contribution in [3.05, 3.63) is 62.1 Å². The predicted molar refractivity (Wildman–Crippen MR) is 111 cm³/mol. The molecule has 0 fully saturated rings. The van der Waals surface area contributed by atoms with Gasteiger partial charge in [0.25, 0.3) is 5.56 Å². The van der Waals surface area contributed by atoms with Crippen LogP contribution in [0.4, 0.5) is 0 Å². The Morgan fingerprint density at radius 2 is 1.82 bits per heavy atom. The van der Waals surface area contributed by atoms with Crippen LogP contribution in [0.25, 0.3) is 0 Å². The van der Waals surface area contributed by atoms with Gasteiger partial charge < -0.3 is 0 Å². The first kappa shape index (κ1) is 21.6. The molecule has 0 aliphatic heterocycles. The van der Waals surface area contributed by atoms with Crippen molar-refractivity contribution >= 4 is 5.78 Å². The van der Waals surface area contributed by atoms with Gasteiger partial charge in [-0.3, -0.25) is 9.59 Å². The van der Waals surface area contributed by atoms with Crippen molar-refractivity contribution in [2.24, 2.45) is 0 Å². The van der Waals surface area contributed by atoms with Crippen molar-refractivity contribution < 1.29 is 4.79 Å². The lowest BCUT2D eigenvalue weighted by Gasteiger charge is -2.16. The van der Waals surface area contributed by atoms with Crippen molar-refractivity contribution in [1.29, 1.82) is 5.26 Å². The zero-order chi connectivity index (χ0) is 21.0. The van der Waals surface area contributed by atoms with E-state index in [0.29, 0.717) is 35.6 Å². The fourth-order valence-electron chi connectivity index (χ4n) is 3.43. The number of nitriles is 1. The second kappa shape index (κ2) is 8.97. The quantitative estimate of drug-likeness (QED) is 0.670. The summed E-state index contributed by atoms with van der Waals surface area (Å²) in [7, 11) is 0. The van der Waals surface area contributed by atoms with E-state index in [4.69, 9.17) is 0 Å². The number of nitrogens with zero attached hydrogens (tertiary/aromatic N) is 3. The van der Waals surface area contributed by atoms with Crippen molar-refractivity contribution in [1.82, 2.24) is 9.78 Å². The summed E-state index contributed by atoms with van der Waals surface area (Å²) in [6.45, 7) is 12.0. The Balaban J connectivity index is 2.52. The molecule has 5 heteroatoms. The lowest BCUT2D eigenvalue weighted by Crippen LogP contribution is -2.31. The van der Waals surface area contributed by atoms with Gasteiger partial charge in [-0.2, -0.15) is 10.4 Å². The number of hydrogen-bond donors (Lipinski definition) is 0. The molecule has 28 heavy (non-hydrogen) atoms. The molecule has 0 aliphatic carbocycles. The van der Waals surface area contributed by atoms with Crippen LogP contribution in [-0.2, 0) is 19.4 Å². The standard InChI is InChI=1S/C23H29N3O2/c1-7-17-20(12-24)23(28)26(25-21(17)8-2)13-22(27)18-10-9-16(14(3)4)11-19(18)15(5)6/h9-11,14-15H,7-8,13H2,1-6H3. The molecule has 0 spiro atoms. The molecular weight excluding hydrogens is 350 g/mol. The third-order valence-corrected chi connectivity index (χ3v) is 5.10. The number of Topliss-reactive ketones (excluding diaryl/α,β-unsaturated/α-hetero) is 1. The van der Waals surface area contributed by atoms with Gasteiger partial charge in [0, 0.05) is 5.56 Å². The average Bonchev–Trinajstić information content (AvgIpc) is 2.68. The summed E-state index contributed by atoms with van der Waals surface area (Å²) in [5, 5.41) is 13.8. The van der Waals surface area contributed by atoms with Gasteiger partial charge >= 0.3 is 0 Å². The fourth-order valence-corrected chi connectivity index (χ4v) is 3.43. The molecule has 0 unspecified atom stereocenters. The van der Waals surface area contributed by atoms with Gasteiger partial charge in [0.15, 0.2) is 5.78 Å². The monoisotopic (exact) mass is 379 g/mol. The molecule has 0 N–H and O–H groups in total. The van der Waals surface area contributed by atoms with E-state index in [1.54, 1.807) is 0 Å². The van der Waals surface area contributed by atoms with Crippen LogP contribution in [0.2, 0.25) is 0 Å². The van der Waals surface area contributed by atoms with Crippen molar-refractivity contribution in [3.8, 4) is 6.07 Å². The lowest BCUT2D eigenvalue weighted by atomic mass is 9.90. The molecule has 1 aromatic carbocycles. The normalized spacial score (nSPS) is 11.1. The van der Waals surface area contributed by atoms with Crippen molar-refractivity contribution in [2.75, 3.05) is 0 Å². The van der Waals surface area contributed by atoms with Crippen LogP contribution < -0.4 is 5.56 Å². The van der Waals surface area contributed by atoms with Gasteiger partial charge in [-0.15, -0.1) is 0 Å². The highest BCUT2D eigenvalue weighted by Crippen LogP contribution is 2.25. The van der Waals surface area contributed by atoms with E-state index in [2.05, 4.69) is 38.9 Å². The minimum Gasteiger partial charge on any atom is -0.292 e. The molecule has 1 aromatic heterocycles. The van der Waals surface area contributed by atoms with Crippen LogP contribution in [0.3, 0.4) is 0 Å². The summed E-state index contributed by atoms with van der Waals surface area (Å²) in [6, 6.07) is 7.91. The average molecular weight is 380 g/mol. The van der Waals surface area contributed by atoms with E-state index in [9.17, 15) is 14.9 Å². The molecule has 2 aromatic rings. The molecule has 0 atom stereocenters. The summed E-state index contributed by atoms with van der Waals surface area (Å²) in [5.41, 5.74) is 3.77. The number of ketones is 1. The van der Waals surface area contributed by atoms with Gasteiger partial charge in [-0.1, -0.05) is 59.7 Å². The summed E-state index contributed by atoms with van der Waals surface area (Å²) in [4.78, 5) is 25.7. The van der Waals surface area contributed by atoms with E-state index in [0.717, 1.165) is 10.2 Å². The molecule has 0 saturated carbocycles. The van der Waals surface area contributed by atoms with E-state index >= 15 is 0 Å². The SMILES string of the molecule is CCc1nn(CC(=O)c2ccc(C(C)C)cc2C(C)C)c(=O)c(C#N)c1CC. The first-order chi connectivity index (χ1) is 13.2. The maximum absolute atomic E-state index is 13.0. The van der Waals surface area contributed by atoms with Gasteiger partial charge in [-0.05, 0) is 41.4 Å². The number of rotatable bonds is 7. The lowest BCUT2D eigenvalue weighted by molar-refractivity contribution is 0.0964. The van der Waals surface area contributed by atoms with Crippen LogP contribution in [0.15, 0.2) is 23.0 Å². The van der Waals surface area contributed by atoms with Crippen LogP contribution in [0, 0.1) is 11.3 Å². The zero-order valence-corrected chi connectivity index (χ0v) is 17.7. The number of carbonyl (C=O) groups excluding carboxylic acids is 1. The molecule has 0 radical (unpaired) electrons. The van der Waals surface area contributed by atoms with E-state index in [-0.39, 0.29) is 23.8 Å². The summed E-state index contributed by atoms with van der Waals surface area (Å²) >= 11 is 0. The highest BCUT2D eigenvalue weighted by Gasteiger charge is 2.20. The van der Waals surface area contributed by atoms with Crippen LogP contribution in [0.5, 0.6) is 0 Å². The maximum Gasteiger partial charge on any atom is 0.285 e. The van der Waals surface area contributed by atoms with Crippen molar-refractivity contribution in [2.45, 2.75) is 72.8 Å². The van der Waals surface area contributed by atoms with E-state index in [1.807, 2.05) is 32.0 Å². The van der Waals surface area contributed by atoms with E-state index < -0.39 is 5.56 Å². The largest absolute Gasteiger partial charge is 0.292 e. The summed E-state index contributed by atoms with van der Waals surface area (Å²) < 4.78 is 1.15. The highest BCUT2D eigenvalue weighted by molar-refractivity contribution is 5.97. The van der Waals surface area contributed by atoms with Gasteiger partial charge in [0.05, 0.1) is 5.69 Å². The van der Waals surface area contributed by atoms with Gasteiger partial charge in [-0.25, -0.2) is 4.68 Å². The van der Waals surface area contributed by atoms with Crippen LogP contribution in [-0.4, -0.2) is 15.6 Å². The van der Waals surface area contributed by atoms with Gasteiger partial charge in [0.2, 0.25) is 0 Å². The zero-order valence-electron chi connectivity index (χ0n) is 17.7. The number of carbonyl (C=O) groups is 1. The number of hydrogen-bond acceptors (Lipinski definition) is 4. The minimum absolute atomic E-state index is 0.0985. The third-order valence-electron chi connectivity index (χ3n) is 5.10. The van der Waals surface area contributed by atoms with Gasteiger partial charge in [0.1, 0.15) is 18.2 Å². The molecule has 148 valence electrons. The number of aromatic nitrogens is 2. The molecule has 0 bridgehead atoms. The Bertz CT molecular complexity index is 979. The first-order valence-electron chi connectivity index (χ1n) is 9.94. The van der Waals surface area contributed by atoms with E-state index in [1.165, 1.54) is 5.56 Å². The minimum atomic E-state index is -0.491. The van der Waals surface area contributed by atoms with Crippen molar-refractivity contribution in [3.63, 3.8) is 0 Å². The Labute approximate surface area is 167 Å². The fraction of sp³-hybridized carbons (Fsp3) is 0.478. The molecule has 0 amide bonds. The molecule has 1 heterocycles. The Hall–Kier alpha value is -2.74. The maximum atomic E-state index is 13.0. The third kappa shape index (κ3) is 4.22. The number of benzene rings is 1. The topological polar surface area (TPSA) is 75.8 Å². The highest BCUT2D eigenvalue weighted by atomic mass is 16.1. The second-order valence-corrected chi connectivity index (χ2v) is 7.66. The molecule has 0 aliphatic rings. The smallest absolute Gasteiger partial charge is 0.285 e. The number of aryl methyl sites for hydroxylation is 1. The molecular formula is C23H29N3O2. The Morgan fingerprint density at radius 1 is 1.14 bits per heavy atom. The Kier molecular flexibility index (Phi) is 6.90.